The van der Waals surface area contributed by atoms with Crippen molar-refractivity contribution in [2.45, 2.75) is 249 Å². The maximum absolute atomic E-state index is 13.0. The van der Waals surface area contributed by atoms with Gasteiger partial charge >= 0.3 is 18.3 Å². The summed E-state index contributed by atoms with van der Waals surface area (Å²) in [7, 11) is 0. The molecular weight excluding hydrogens is 1630 g/mol. The molecule has 0 fully saturated rings. The zero-order chi connectivity index (χ0) is 91.5. The van der Waals surface area contributed by atoms with Crippen LogP contribution in [0.4, 0.5) is 14.4 Å². The highest BCUT2D eigenvalue weighted by Crippen LogP contribution is 2.35. The Bertz CT molecular complexity index is 5160. The fourth-order valence-electron chi connectivity index (χ4n) is 17.4. The van der Waals surface area contributed by atoms with Gasteiger partial charge in [0, 0.05) is 107 Å². The third-order valence-electron chi connectivity index (χ3n) is 23.3. The monoisotopic (exact) mass is 1770 g/mol. The van der Waals surface area contributed by atoms with Crippen LogP contribution in [0.1, 0.15) is 210 Å². The van der Waals surface area contributed by atoms with Gasteiger partial charge in [0.15, 0.2) is 0 Å². The number of ether oxygens (including phenoxy) is 6. The van der Waals surface area contributed by atoms with E-state index in [1.807, 2.05) is 71.9 Å². The van der Waals surface area contributed by atoms with Crippen molar-refractivity contribution in [3.8, 4) is 46.3 Å². The maximum Gasteiger partial charge on any atom is 0.405 e. The molecule has 9 bridgehead atoms. The average Bonchev–Trinajstić information content (AvgIpc) is 0.914. The molecule has 18 atom stereocenters. The SMILES string of the molecule is C.C.C.C.C/C1=C\C=C/[C@H](C)[C@@H](OC(N)=O)/C(C)=C/[C@H](C)[C@H]2OC/C=C/CN=c3c(O)cc(c(O)c3C[C@@H](C)C[C@@H]2C)=NC1=O.C/C1=C\C=C/[C@H](C)[C@@H](OC(N)=O)/C(C)=C/[C@H](C)[C@H]2OCC#CCCN=c3c(O)cc(c(O)c3C[C@@H](C)C[C@@H]2C)=NC1=O.C/C1=C\C=C/[C@H](C)[C@@H](OC(N)=O)/C(C)=C/[C@H](C)[C@H]2OCCCCN=c3c(O)cc(c(O)c3C[C@@H](C)C[C@@H]2C)=NC1=O. The van der Waals surface area contributed by atoms with Gasteiger partial charge in [-0.15, -0.1) is 0 Å². The molecule has 0 aliphatic carbocycles. The standard InChI is InChI=1S/C33H43N3O6.C32H45N3O6.C32H43N3O6.4CH4/c1-19-15-22(4)30-23(5)17-24(6)31(42-33(34)40)20(2)11-10-12-21(3)32(39)36-26-18-27(37)28(25(16-19)29(26)38)35-13-8-7-9-14-41-30;2*1-18-14-21(4)29-22(5)16-23(6)30(41-32(33)39)19(2)10-9-11-20(3)31(38)35-25-17-26(36)27(24(15-18)28(25)37)34-12-7-8-13-40-29;;;;/h10-12,17-20,22-23,30-31,37-38H,8,13-16H2,1-6H3,(H2,34,40);9-11,16-19,21-22,29-30,36-37H,7-8,12-15H2,1-6H3,(H2,33,39);7-11,16-19,21-22,29-30,36-37H,12-15H2,1-6H3,(H2,33,39);4*1H4/b11-10-,21-12+,24-17+,35-28?,36-26?;10-9-,20-11+,23-16+,34-27?,35-25?;8-7+,10-9-,20-11+,23-16+,34-27?,35-25?;;;;/t19-,20-,22-,23-,30-,31+;2*18-,19-,21-,22-,29-,30+;;;;/m000..../s1. The fourth-order valence-corrected chi connectivity index (χ4v) is 17.4. The molecule has 27 heteroatoms. The second-order valence-corrected chi connectivity index (χ2v) is 34.5. The number of phenolic OH excluding ortho intramolecular Hbond substituents is 6. The van der Waals surface area contributed by atoms with Crippen LogP contribution in [-0.4, -0.2) is 143 Å². The number of carbonyl (C=O) groups is 6. The van der Waals surface area contributed by atoms with Crippen molar-refractivity contribution in [2.75, 3.05) is 39.5 Å². The average molecular weight is 1780 g/mol. The van der Waals surface area contributed by atoms with Crippen LogP contribution in [-0.2, 0) is 62.1 Å². The highest BCUT2D eigenvalue weighted by molar-refractivity contribution is 5.95. The van der Waals surface area contributed by atoms with Gasteiger partial charge in [-0.05, 0) is 145 Å². The lowest BCUT2D eigenvalue weighted by Crippen LogP contribution is -2.32. The molecular formula is C101H147N9O18. The van der Waals surface area contributed by atoms with Gasteiger partial charge in [-0.3, -0.25) is 29.4 Å². The summed E-state index contributed by atoms with van der Waals surface area (Å²) in [5, 5.41) is 67.4. The minimum absolute atomic E-state index is 0. The van der Waals surface area contributed by atoms with Crippen molar-refractivity contribution in [1.29, 1.82) is 0 Å². The van der Waals surface area contributed by atoms with Crippen LogP contribution in [0, 0.1) is 82.9 Å². The maximum atomic E-state index is 13.0. The van der Waals surface area contributed by atoms with E-state index in [2.05, 4.69) is 122 Å². The number of hydrogen-bond acceptors (Lipinski definition) is 21. The van der Waals surface area contributed by atoms with Gasteiger partial charge in [0.1, 0.15) is 91.6 Å². The summed E-state index contributed by atoms with van der Waals surface area (Å²) in [6, 6.07) is 3.85. The summed E-state index contributed by atoms with van der Waals surface area (Å²) in [6.45, 7) is 37.5. The minimum Gasteiger partial charge on any atom is -0.506 e. The number of nitrogens with two attached hydrogens (primary N) is 3. The topological polar surface area (TPSA) is 431 Å². The van der Waals surface area contributed by atoms with Gasteiger partial charge in [0.05, 0.1) is 38.0 Å². The van der Waals surface area contributed by atoms with E-state index in [1.54, 1.807) is 57.2 Å². The zero-order valence-electron chi connectivity index (χ0n) is 75.3. The van der Waals surface area contributed by atoms with Crippen molar-refractivity contribution in [3.05, 3.63) is 186 Å². The number of carbonyl (C=O) groups excluding carboxylic acids is 6. The number of allylic oxidation sites excluding steroid dienone is 6. The Hall–Kier alpha value is -11.1. The number of hydrogen-bond donors (Lipinski definition) is 9. The lowest BCUT2D eigenvalue weighted by atomic mass is 9.83. The molecule has 6 heterocycles. The van der Waals surface area contributed by atoms with E-state index in [0.29, 0.717) is 101 Å². The molecule has 3 aromatic carbocycles. The summed E-state index contributed by atoms with van der Waals surface area (Å²) in [5.74, 6) is 3.38. The van der Waals surface area contributed by atoms with Gasteiger partial charge in [-0.1, -0.05) is 210 Å². The molecule has 0 aromatic heterocycles. The van der Waals surface area contributed by atoms with E-state index in [0.717, 1.165) is 48.8 Å². The van der Waals surface area contributed by atoms with E-state index in [-0.39, 0.29) is 183 Å². The van der Waals surface area contributed by atoms with Crippen LogP contribution >= 0.6 is 0 Å². The molecule has 0 spiro atoms. The normalized spacial score (nSPS) is 30.7. The molecule has 128 heavy (non-hydrogen) atoms. The smallest absolute Gasteiger partial charge is 0.405 e. The third-order valence-corrected chi connectivity index (χ3v) is 23.3. The second kappa shape index (κ2) is 53.0. The van der Waals surface area contributed by atoms with Crippen molar-refractivity contribution in [3.63, 3.8) is 0 Å². The van der Waals surface area contributed by atoms with Crippen LogP contribution < -0.4 is 49.3 Å². The first-order chi connectivity index (χ1) is 58.6. The fraction of sp³-hybridized carbons (Fsp3) is 0.545. The molecule has 0 unspecified atom stereocenters. The Morgan fingerprint density at radius 2 is 0.750 bits per heavy atom. The molecule has 12 N–H and O–H groups in total. The molecule has 9 rings (SSSR count). The van der Waals surface area contributed by atoms with Crippen LogP contribution in [0.5, 0.6) is 34.5 Å². The first-order valence-electron chi connectivity index (χ1n) is 43.1. The first-order valence-corrected chi connectivity index (χ1v) is 43.1. The molecule has 0 radical (unpaired) electrons. The quantitative estimate of drug-likeness (QED) is 0.0509. The molecule has 27 nitrogen and oxygen atoms in total. The van der Waals surface area contributed by atoms with Crippen molar-refractivity contribution < 1.29 is 87.8 Å². The van der Waals surface area contributed by atoms with Gasteiger partial charge in [0.25, 0.3) is 17.7 Å². The number of phenols is 6. The van der Waals surface area contributed by atoms with Gasteiger partial charge in [-0.25, -0.2) is 29.4 Å². The van der Waals surface area contributed by atoms with E-state index in [9.17, 15) is 59.4 Å². The lowest BCUT2D eigenvalue weighted by molar-refractivity contribution is -0.115. The van der Waals surface area contributed by atoms with Crippen LogP contribution in [0.2, 0.25) is 0 Å². The predicted molar refractivity (Wildman–Crippen MR) is 501 cm³/mol. The molecule has 704 valence electrons. The Kier molecular flexibility index (Phi) is 46.0. The predicted octanol–water partition coefficient (Wildman–Crippen LogP) is 15.3. The third kappa shape index (κ3) is 32.3. The molecule has 0 saturated heterocycles. The Morgan fingerprint density at radius 3 is 1.10 bits per heavy atom. The second-order valence-electron chi connectivity index (χ2n) is 34.5. The number of primary amides is 3. The minimum atomic E-state index is -0.873. The number of rotatable bonds is 3. The van der Waals surface area contributed by atoms with E-state index >= 15 is 0 Å². The lowest BCUT2D eigenvalue weighted by Gasteiger charge is -2.31. The largest absolute Gasteiger partial charge is 0.506 e. The van der Waals surface area contributed by atoms with E-state index < -0.39 is 54.3 Å². The molecule has 6 aliphatic heterocycles. The number of benzene rings is 3. The number of nitrogens with zero attached hydrogens (tertiary/aromatic N) is 6. The van der Waals surface area contributed by atoms with Gasteiger partial charge < -0.3 is 76.3 Å². The molecule has 0 saturated carbocycles. The van der Waals surface area contributed by atoms with Crippen molar-refractivity contribution in [2.24, 2.45) is 118 Å². The van der Waals surface area contributed by atoms with E-state index in [4.69, 9.17) is 45.6 Å². The van der Waals surface area contributed by atoms with Crippen LogP contribution in [0.25, 0.3) is 0 Å². The van der Waals surface area contributed by atoms with Crippen LogP contribution in [0.15, 0.2) is 167 Å². The number of aromatic hydroxyl groups is 6. The van der Waals surface area contributed by atoms with E-state index in [1.165, 1.54) is 18.2 Å². The van der Waals surface area contributed by atoms with Gasteiger partial charge in [-0.2, -0.15) is 0 Å². The highest BCUT2D eigenvalue weighted by atomic mass is 16.6. The number of fused-ring (bicyclic) bond motifs is 15. The molecule has 6 aliphatic rings. The summed E-state index contributed by atoms with van der Waals surface area (Å²) >= 11 is 0. The Labute approximate surface area is 758 Å². The Balaban J connectivity index is 0.000000488. The van der Waals surface area contributed by atoms with Crippen molar-refractivity contribution in [1.82, 2.24) is 0 Å². The summed E-state index contributed by atoms with van der Waals surface area (Å²) < 4.78 is 35.7. The summed E-state index contributed by atoms with van der Waals surface area (Å²) in [6.07, 6.45) is 26.0. The van der Waals surface area contributed by atoms with Gasteiger partial charge in [0.2, 0.25) is 0 Å². The Morgan fingerprint density at radius 1 is 0.422 bits per heavy atom. The molecule has 3 aromatic rings. The molecule has 6 amide bonds. The van der Waals surface area contributed by atoms with Crippen molar-refractivity contribution >= 4 is 36.0 Å². The summed E-state index contributed by atoms with van der Waals surface area (Å²) in [4.78, 5) is 100. The zero-order valence-corrected chi connectivity index (χ0v) is 75.3. The summed E-state index contributed by atoms with van der Waals surface area (Å²) in [5.41, 5.74) is 21.2. The number of amides is 6. The highest BCUT2D eigenvalue weighted by Gasteiger charge is 2.34. The first kappa shape index (κ1) is 111. The van der Waals surface area contributed by atoms with Crippen LogP contribution in [0.3, 0.4) is 0 Å².